The highest BCUT2D eigenvalue weighted by atomic mass is 16.3. The molecule has 4 rings (SSSR count). The molecule has 2 aliphatic heterocycles. The number of anilines is 1. The third-order valence-corrected chi connectivity index (χ3v) is 4.93. The lowest BCUT2D eigenvalue weighted by Gasteiger charge is -2.34. The molecule has 0 aliphatic carbocycles. The standard InChI is InChI=1S/C17H20N4O2/c1-12-4-5-16(19-18-12)20-7-6-13-9-21(11-14(13)10-20)17(22)15-3-2-8-23-15/h2-5,8,13-14H,6-7,9-11H2,1H3/t13-,14+/m0/s1. The number of fused-ring (bicyclic) bond motifs is 1. The number of carbonyl (C=O) groups is 1. The van der Waals surface area contributed by atoms with E-state index in [4.69, 9.17) is 4.42 Å². The SMILES string of the molecule is Cc1ccc(N2CC[C@H]3CN(C(=O)c4ccco4)C[C@H]3C2)nn1. The molecule has 0 unspecified atom stereocenters. The van der Waals surface area contributed by atoms with Gasteiger partial charge in [0.1, 0.15) is 0 Å². The van der Waals surface area contributed by atoms with Crippen LogP contribution in [0.4, 0.5) is 5.82 Å². The third kappa shape index (κ3) is 2.69. The maximum absolute atomic E-state index is 12.4. The number of likely N-dealkylation sites (tertiary alicyclic amines) is 1. The molecule has 120 valence electrons. The van der Waals surface area contributed by atoms with Crippen LogP contribution in [0.25, 0.3) is 0 Å². The van der Waals surface area contributed by atoms with Crippen LogP contribution in [0.2, 0.25) is 0 Å². The number of carbonyl (C=O) groups excluding carboxylic acids is 1. The molecule has 4 heterocycles. The van der Waals surface area contributed by atoms with Gasteiger partial charge >= 0.3 is 0 Å². The second-order valence-corrected chi connectivity index (χ2v) is 6.48. The van der Waals surface area contributed by atoms with Crippen LogP contribution < -0.4 is 4.90 Å². The fraction of sp³-hybridized carbons (Fsp3) is 0.471. The van der Waals surface area contributed by atoms with Gasteiger partial charge in [0.05, 0.1) is 12.0 Å². The zero-order valence-electron chi connectivity index (χ0n) is 13.2. The summed E-state index contributed by atoms with van der Waals surface area (Å²) in [5.74, 6) is 2.44. The molecule has 2 aromatic rings. The van der Waals surface area contributed by atoms with Crippen molar-refractivity contribution in [1.29, 1.82) is 0 Å². The van der Waals surface area contributed by atoms with Crippen LogP contribution in [0.15, 0.2) is 34.9 Å². The van der Waals surface area contributed by atoms with E-state index in [9.17, 15) is 4.79 Å². The van der Waals surface area contributed by atoms with Crippen LogP contribution in [-0.4, -0.2) is 47.2 Å². The number of furan rings is 1. The Balaban J connectivity index is 1.44. The summed E-state index contributed by atoms with van der Waals surface area (Å²) in [4.78, 5) is 16.7. The third-order valence-electron chi connectivity index (χ3n) is 4.93. The van der Waals surface area contributed by atoms with Gasteiger partial charge in [0, 0.05) is 26.2 Å². The van der Waals surface area contributed by atoms with Gasteiger partial charge in [-0.2, -0.15) is 5.10 Å². The van der Waals surface area contributed by atoms with E-state index >= 15 is 0 Å². The van der Waals surface area contributed by atoms with Crippen molar-refractivity contribution in [2.75, 3.05) is 31.1 Å². The Kier molecular flexibility index (Phi) is 3.52. The van der Waals surface area contributed by atoms with Crippen molar-refractivity contribution in [3.8, 4) is 0 Å². The molecule has 6 nitrogen and oxygen atoms in total. The predicted molar refractivity (Wildman–Crippen MR) is 85.2 cm³/mol. The lowest BCUT2D eigenvalue weighted by Crippen LogP contribution is -2.40. The normalized spacial score (nSPS) is 23.9. The Hall–Kier alpha value is -2.37. The maximum atomic E-state index is 12.4. The van der Waals surface area contributed by atoms with Crippen LogP contribution >= 0.6 is 0 Å². The summed E-state index contributed by atoms with van der Waals surface area (Å²) in [5.41, 5.74) is 0.930. The quantitative estimate of drug-likeness (QED) is 0.848. The van der Waals surface area contributed by atoms with Crippen LogP contribution in [0.1, 0.15) is 22.7 Å². The summed E-state index contributed by atoms with van der Waals surface area (Å²) in [5, 5.41) is 8.44. The monoisotopic (exact) mass is 312 g/mol. The average Bonchev–Trinajstić information content (AvgIpc) is 3.23. The minimum atomic E-state index is 0.00563. The number of rotatable bonds is 2. The Bertz CT molecular complexity index is 683. The average molecular weight is 312 g/mol. The van der Waals surface area contributed by atoms with Crippen LogP contribution in [0, 0.1) is 18.8 Å². The van der Waals surface area contributed by atoms with Gasteiger partial charge in [-0.15, -0.1) is 5.10 Å². The molecule has 6 heteroatoms. The van der Waals surface area contributed by atoms with Gasteiger partial charge in [0.2, 0.25) is 0 Å². The van der Waals surface area contributed by atoms with E-state index < -0.39 is 0 Å². The molecule has 2 atom stereocenters. The summed E-state index contributed by atoms with van der Waals surface area (Å²) in [6.45, 7) is 5.47. The first-order chi connectivity index (χ1) is 11.2. The van der Waals surface area contributed by atoms with Gasteiger partial charge < -0.3 is 14.2 Å². The topological polar surface area (TPSA) is 62.5 Å². The molecule has 0 spiro atoms. The lowest BCUT2D eigenvalue weighted by molar-refractivity contribution is 0.0753. The van der Waals surface area contributed by atoms with Gasteiger partial charge in [-0.25, -0.2) is 0 Å². The smallest absolute Gasteiger partial charge is 0.289 e. The van der Waals surface area contributed by atoms with E-state index in [0.29, 0.717) is 17.6 Å². The van der Waals surface area contributed by atoms with E-state index in [1.807, 2.05) is 24.0 Å². The number of hydrogen-bond donors (Lipinski definition) is 0. The highest BCUT2D eigenvalue weighted by molar-refractivity contribution is 5.91. The van der Waals surface area contributed by atoms with Crippen LogP contribution in [-0.2, 0) is 0 Å². The molecule has 0 N–H and O–H groups in total. The summed E-state index contributed by atoms with van der Waals surface area (Å²) in [7, 11) is 0. The van der Waals surface area contributed by atoms with Gasteiger partial charge in [-0.3, -0.25) is 4.79 Å². The second-order valence-electron chi connectivity index (χ2n) is 6.48. The molecule has 0 aromatic carbocycles. The van der Waals surface area contributed by atoms with E-state index in [1.165, 1.54) is 0 Å². The minimum absolute atomic E-state index is 0.00563. The molecule has 0 bridgehead atoms. The molecule has 2 aromatic heterocycles. The second kappa shape index (κ2) is 5.68. The first-order valence-electron chi connectivity index (χ1n) is 8.09. The van der Waals surface area contributed by atoms with Gasteiger partial charge in [-0.1, -0.05) is 0 Å². The first-order valence-corrected chi connectivity index (χ1v) is 8.09. The molecular weight excluding hydrogens is 292 g/mol. The minimum Gasteiger partial charge on any atom is -0.459 e. The number of piperidine rings is 1. The molecule has 23 heavy (non-hydrogen) atoms. The van der Waals surface area contributed by atoms with E-state index in [-0.39, 0.29) is 5.91 Å². The first kappa shape index (κ1) is 14.2. The Morgan fingerprint density at radius 1 is 1.17 bits per heavy atom. The van der Waals surface area contributed by atoms with Crippen LogP contribution in [0.5, 0.6) is 0 Å². The van der Waals surface area contributed by atoms with Gasteiger partial charge in [-0.05, 0) is 49.4 Å². The lowest BCUT2D eigenvalue weighted by atomic mass is 9.89. The molecule has 2 saturated heterocycles. The summed E-state index contributed by atoms with van der Waals surface area (Å²) in [6.07, 6.45) is 2.64. The summed E-state index contributed by atoms with van der Waals surface area (Å²) < 4.78 is 5.24. The Labute approximate surface area is 135 Å². The fourth-order valence-electron chi connectivity index (χ4n) is 3.66. The zero-order chi connectivity index (χ0) is 15.8. The van der Waals surface area contributed by atoms with Gasteiger partial charge in [0.15, 0.2) is 11.6 Å². The molecule has 0 saturated carbocycles. The number of hydrogen-bond acceptors (Lipinski definition) is 5. The van der Waals surface area contributed by atoms with Crippen molar-refractivity contribution in [1.82, 2.24) is 15.1 Å². The number of nitrogens with zero attached hydrogens (tertiary/aromatic N) is 4. The van der Waals surface area contributed by atoms with Crippen molar-refractivity contribution in [3.63, 3.8) is 0 Å². The van der Waals surface area contributed by atoms with Crippen molar-refractivity contribution < 1.29 is 9.21 Å². The molecular formula is C17H20N4O2. The van der Waals surface area contributed by atoms with Crippen molar-refractivity contribution in [2.45, 2.75) is 13.3 Å². The Morgan fingerprint density at radius 3 is 2.78 bits per heavy atom. The van der Waals surface area contributed by atoms with E-state index in [0.717, 1.165) is 44.1 Å². The predicted octanol–water partition coefficient (Wildman–Crippen LogP) is 1.98. The van der Waals surface area contributed by atoms with Crippen molar-refractivity contribution in [3.05, 3.63) is 42.0 Å². The molecule has 0 radical (unpaired) electrons. The number of aryl methyl sites for hydroxylation is 1. The summed E-state index contributed by atoms with van der Waals surface area (Å²) in [6, 6.07) is 7.52. The highest BCUT2D eigenvalue weighted by Gasteiger charge is 2.39. The van der Waals surface area contributed by atoms with Gasteiger partial charge in [0.25, 0.3) is 5.91 Å². The number of amides is 1. The Morgan fingerprint density at radius 2 is 2.04 bits per heavy atom. The molecule has 2 aliphatic rings. The highest BCUT2D eigenvalue weighted by Crippen LogP contribution is 2.33. The molecule has 2 fully saturated rings. The molecule has 1 amide bonds. The van der Waals surface area contributed by atoms with E-state index in [1.54, 1.807) is 18.4 Å². The maximum Gasteiger partial charge on any atom is 0.289 e. The van der Waals surface area contributed by atoms with Crippen LogP contribution in [0.3, 0.4) is 0 Å². The van der Waals surface area contributed by atoms with Crippen molar-refractivity contribution in [2.24, 2.45) is 11.8 Å². The fourth-order valence-corrected chi connectivity index (χ4v) is 3.66. The van der Waals surface area contributed by atoms with E-state index in [2.05, 4.69) is 15.1 Å². The number of aromatic nitrogens is 2. The van der Waals surface area contributed by atoms with Crippen molar-refractivity contribution >= 4 is 11.7 Å². The largest absolute Gasteiger partial charge is 0.459 e. The summed E-state index contributed by atoms with van der Waals surface area (Å²) >= 11 is 0. The zero-order valence-corrected chi connectivity index (χ0v) is 13.2.